The second-order valence-corrected chi connectivity index (χ2v) is 8.12. The van der Waals surface area contributed by atoms with Gasteiger partial charge in [-0.3, -0.25) is 4.79 Å². The summed E-state index contributed by atoms with van der Waals surface area (Å²) in [7, 11) is 1.79. The quantitative estimate of drug-likeness (QED) is 0.120. The third-order valence-corrected chi connectivity index (χ3v) is 5.22. The van der Waals surface area contributed by atoms with E-state index >= 15 is 0 Å². The van der Waals surface area contributed by atoms with Gasteiger partial charge in [0.25, 0.3) is 0 Å². The predicted octanol–water partition coefficient (Wildman–Crippen LogP) is -0.220. The number of carboxylic acids is 1. The molecule has 0 spiro atoms. The second-order valence-electron chi connectivity index (χ2n) is 8.12. The minimum Gasteiger partial charge on any atom is -0.488 e. The van der Waals surface area contributed by atoms with E-state index in [1.54, 1.807) is 19.2 Å². The standard InChI is InChI=1S/C24H33FN6O6/c1-30-5-4-14-8-21(36-7-6-31(29)12-19(26)20(27)13-32)22(9-15(14)10-23(28)33)37-16-2-3-17(24(34)35)18(25)11-16/h2-3,8-9,11-12,20,30,32H,4-7,10,13,26-27,29H2,1H3,(H2,28,33)(H,34,35)/b19-12-. The zero-order valence-corrected chi connectivity index (χ0v) is 20.4. The van der Waals surface area contributed by atoms with Crippen molar-refractivity contribution < 1.29 is 33.7 Å². The molecule has 0 aromatic heterocycles. The van der Waals surface area contributed by atoms with Crippen LogP contribution in [0.15, 0.2) is 42.2 Å². The lowest BCUT2D eigenvalue weighted by Gasteiger charge is -2.20. The number of amides is 1. The van der Waals surface area contributed by atoms with Gasteiger partial charge in [0.2, 0.25) is 5.91 Å². The lowest BCUT2D eigenvalue weighted by atomic mass is 10.00. The summed E-state index contributed by atoms with van der Waals surface area (Å²) in [5, 5.41) is 22.4. The van der Waals surface area contributed by atoms with Crippen LogP contribution in [0.3, 0.4) is 0 Å². The molecule has 0 fully saturated rings. The van der Waals surface area contributed by atoms with E-state index in [1.807, 2.05) is 0 Å². The molecule has 2 aromatic rings. The molecule has 2 aromatic carbocycles. The average molecular weight is 521 g/mol. The normalized spacial score (nSPS) is 12.2. The molecule has 0 aliphatic rings. The Hall–Kier alpha value is -3.91. The molecule has 202 valence electrons. The summed E-state index contributed by atoms with van der Waals surface area (Å²) in [6, 6.07) is 5.84. The molecule has 13 heteroatoms. The Morgan fingerprint density at radius 2 is 1.89 bits per heavy atom. The number of aromatic carboxylic acids is 1. The molecular formula is C24H33FN6O6. The Balaban J connectivity index is 2.36. The number of nitrogens with zero attached hydrogens (tertiary/aromatic N) is 1. The van der Waals surface area contributed by atoms with Crippen LogP contribution in [0.2, 0.25) is 0 Å². The minimum absolute atomic E-state index is 0.0227. The van der Waals surface area contributed by atoms with Gasteiger partial charge < -0.3 is 47.2 Å². The number of benzene rings is 2. The Morgan fingerprint density at radius 1 is 1.19 bits per heavy atom. The first kappa shape index (κ1) is 29.3. The van der Waals surface area contributed by atoms with Crippen molar-refractivity contribution in [3.8, 4) is 17.2 Å². The number of carbonyl (C=O) groups is 2. The molecule has 0 heterocycles. The van der Waals surface area contributed by atoms with Crippen molar-refractivity contribution in [2.24, 2.45) is 23.0 Å². The highest BCUT2D eigenvalue weighted by Gasteiger charge is 2.17. The van der Waals surface area contributed by atoms with Crippen molar-refractivity contribution in [1.29, 1.82) is 0 Å². The van der Waals surface area contributed by atoms with Crippen molar-refractivity contribution in [3.63, 3.8) is 0 Å². The van der Waals surface area contributed by atoms with Gasteiger partial charge in [0.1, 0.15) is 18.2 Å². The predicted molar refractivity (Wildman–Crippen MR) is 134 cm³/mol. The van der Waals surface area contributed by atoms with E-state index in [1.165, 1.54) is 17.3 Å². The topological polar surface area (TPSA) is 212 Å². The largest absolute Gasteiger partial charge is 0.488 e. The number of hydrogen-bond donors (Lipinski definition) is 7. The number of aliphatic hydroxyl groups is 1. The van der Waals surface area contributed by atoms with E-state index in [4.69, 9.17) is 42.7 Å². The third-order valence-electron chi connectivity index (χ3n) is 5.22. The van der Waals surface area contributed by atoms with E-state index in [9.17, 15) is 14.0 Å². The summed E-state index contributed by atoms with van der Waals surface area (Å²) in [5.41, 5.74) is 17.9. The highest BCUT2D eigenvalue weighted by molar-refractivity contribution is 5.88. The Labute approximate surface area is 213 Å². The summed E-state index contributed by atoms with van der Waals surface area (Å²) >= 11 is 0. The Kier molecular flexibility index (Phi) is 11.1. The first-order valence-electron chi connectivity index (χ1n) is 11.3. The molecule has 0 radical (unpaired) electrons. The van der Waals surface area contributed by atoms with Crippen molar-refractivity contribution in [2.45, 2.75) is 18.9 Å². The van der Waals surface area contributed by atoms with Gasteiger partial charge in [-0.1, -0.05) is 0 Å². The molecular weight excluding hydrogens is 487 g/mol. The summed E-state index contributed by atoms with van der Waals surface area (Å²) in [4.78, 5) is 22.8. The van der Waals surface area contributed by atoms with Crippen LogP contribution in [0.4, 0.5) is 4.39 Å². The summed E-state index contributed by atoms with van der Waals surface area (Å²) < 4.78 is 25.9. The van der Waals surface area contributed by atoms with Crippen molar-refractivity contribution in [1.82, 2.24) is 10.3 Å². The molecule has 1 atom stereocenters. The lowest BCUT2D eigenvalue weighted by molar-refractivity contribution is -0.117. The number of nitrogens with two attached hydrogens (primary N) is 4. The fraction of sp³-hybridized carbons (Fsp3) is 0.333. The number of hydrogen-bond acceptors (Lipinski definition) is 10. The molecule has 1 amide bonds. The van der Waals surface area contributed by atoms with Crippen LogP contribution in [-0.2, 0) is 17.6 Å². The van der Waals surface area contributed by atoms with Gasteiger partial charge >= 0.3 is 5.97 Å². The second kappa shape index (κ2) is 14.0. The van der Waals surface area contributed by atoms with Crippen molar-refractivity contribution in [3.05, 3.63) is 64.7 Å². The van der Waals surface area contributed by atoms with E-state index in [-0.39, 0.29) is 49.1 Å². The number of hydrazine groups is 1. The maximum Gasteiger partial charge on any atom is 0.338 e. The number of aliphatic hydroxyl groups excluding tert-OH is 1. The highest BCUT2D eigenvalue weighted by Crippen LogP contribution is 2.35. The maximum absolute atomic E-state index is 14.2. The van der Waals surface area contributed by atoms with Crippen LogP contribution in [0.1, 0.15) is 21.5 Å². The number of carboxylic acid groups (broad SMARTS) is 1. The number of halogens is 1. The zero-order chi connectivity index (χ0) is 27.5. The zero-order valence-electron chi connectivity index (χ0n) is 20.4. The first-order valence-corrected chi connectivity index (χ1v) is 11.3. The monoisotopic (exact) mass is 520 g/mol. The van der Waals surface area contributed by atoms with Gasteiger partial charge in [0.05, 0.1) is 31.2 Å². The fourth-order valence-electron chi connectivity index (χ4n) is 3.26. The van der Waals surface area contributed by atoms with E-state index in [0.717, 1.165) is 17.7 Å². The highest BCUT2D eigenvalue weighted by atomic mass is 19.1. The van der Waals surface area contributed by atoms with Gasteiger partial charge in [0, 0.05) is 18.0 Å². The number of primary amides is 1. The van der Waals surface area contributed by atoms with Gasteiger partial charge in [-0.05, 0) is 55.4 Å². The van der Waals surface area contributed by atoms with Crippen LogP contribution in [0, 0.1) is 5.82 Å². The van der Waals surface area contributed by atoms with Crippen LogP contribution in [-0.4, -0.2) is 66.5 Å². The molecule has 37 heavy (non-hydrogen) atoms. The van der Waals surface area contributed by atoms with E-state index in [0.29, 0.717) is 18.5 Å². The van der Waals surface area contributed by atoms with E-state index < -0.39 is 29.3 Å². The van der Waals surface area contributed by atoms with Crippen molar-refractivity contribution in [2.75, 3.05) is 33.4 Å². The number of carbonyl (C=O) groups excluding carboxylic acids is 1. The first-order chi connectivity index (χ1) is 17.5. The van der Waals surface area contributed by atoms with Gasteiger partial charge in [0.15, 0.2) is 11.5 Å². The average Bonchev–Trinajstić information content (AvgIpc) is 2.83. The number of nitrogens with one attached hydrogen (secondary N) is 1. The SMILES string of the molecule is CNCCc1cc(OCCN(N)/C=C(\N)C(N)CO)c(Oc2ccc(C(=O)O)c(F)c2)cc1CC(N)=O. The molecule has 1 unspecified atom stereocenters. The molecule has 12 nitrogen and oxygen atoms in total. The van der Waals surface area contributed by atoms with Crippen LogP contribution in [0.25, 0.3) is 0 Å². The van der Waals surface area contributed by atoms with Gasteiger partial charge in [-0.2, -0.15) is 0 Å². The molecule has 2 rings (SSSR count). The van der Waals surface area contributed by atoms with Crippen LogP contribution < -0.4 is 37.8 Å². The van der Waals surface area contributed by atoms with Crippen LogP contribution in [0.5, 0.6) is 17.2 Å². The molecule has 0 aliphatic heterocycles. The fourth-order valence-corrected chi connectivity index (χ4v) is 3.26. The molecule has 0 bridgehead atoms. The van der Waals surface area contributed by atoms with E-state index in [2.05, 4.69) is 5.32 Å². The smallest absolute Gasteiger partial charge is 0.338 e. The van der Waals surface area contributed by atoms with Crippen LogP contribution >= 0.6 is 0 Å². The summed E-state index contributed by atoms with van der Waals surface area (Å²) in [6.45, 7) is 0.514. The molecule has 0 saturated carbocycles. The molecule has 11 N–H and O–H groups in total. The summed E-state index contributed by atoms with van der Waals surface area (Å²) in [6.07, 6.45) is 1.87. The molecule has 0 aliphatic carbocycles. The number of rotatable bonds is 15. The lowest BCUT2D eigenvalue weighted by Crippen LogP contribution is -2.36. The number of ether oxygens (including phenoxy) is 2. The maximum atomic E-state index is 14.2. The summed E-state index contributed by atoms with van der Waals surface area (Å²) in [5.74, 6) is 3.43. The Morgan fingerprint density at radius 3 is 2.49 bits per heavy atom. The molecule has 0 saturated heterocycles. The minimum atomic E-state index is -1.41. The Bertz CT molecular complexity index is 1130. The van der Waals surface area contributed by atoms with Crippen molar-refractivity contribution >= 4 is 11.9 Å². The van der Waals surface area contributed by atoms with Gasteiger partial charge in [-0.15, -0.1) is 0 Å². The van der Waals surface area contributed by atoms with Gasteiger partial charge in [-0.25, -0.2) is 15.0 Å². The number of likely N-dealkylation sites (N-methyl/N-ethyl adjacent to an activating group) is 1. The third kappa shape index (κ3) is 8.91.